The molecule has 0 bridgehead atoms. The molecule has 0 saturated carbocycles. The molecule has 4 nitrogen and oxygen atoms in total. The van der Waals surface area contributed by atoms with Crippen LogP contribution in [0.2, 0.25) is 0 Å². The molecule has 0 unspecified atom stereocenters. The van der Waals surface area contributed by atoms with Crippen molar-refractivity contribution in [2.75, 3.05) is 0 Å². The number of esters is 1. The van der Waals surface area contributed by atoms with Crippen molar-refractivity contribution in [2.24, 2.45) is 0 Å². The van der Waals surface area contributed by atoms with E-state index in [0.717, 1.165) is 12.8 Å². The molecule has 0 saturated heterocycles. The Hall–Kier alpha value is -1.11. The van der Waals surface area contributed by atoms with Crippen molar-refractivity contribution in [1.29, 1.82) is 0 Å². The van der Waals surface area contributed by atoms with Crippen LogP contribution in [-0.4, -0.2) is 23.5 Å². The van der Waals surface area contributed by atoms with Crippen molar-refractivity contribution in [1.82, 2.24) is 5.32 Å². The van der Waals surface area contributed by atoms with Gasteiger partial charge in [-0.3, -0.25) is 4.79 Å². The number of carbonyl (C=O) groups excluding carboxylic acids is 2. The molecule has 122 valence electrons. The molecule has 0 aliphatic heterocycles. The first-order chi connectivity index (χ1) is 10.2. The maximum Gasteiger partial charge on any atom is 0.328 e. The molecule has 0 radical (unpaired) electrons. The smallest absolute Gasteiger partial charge is 0.328 e. The molecule has 0 aliphatic carbocycles. The first-order valence-electron chi connectivity index (χ1n) is 7.44. The Bertz CT molecular complexity index is 506. The van der Waals surface area contributed by atoms with Gasteiger partial charge in [0.05, 0.1) is 0 Å². The summed E-state index contributed by atoms with van der Waals surface area (Å²) in [4.78, 5) is 23.6. The van der Waals surface area contributed by atoms with Gasteiger partial charge in [0.25, 0.3) is 0 Å². The van der Waals surface area contributed by atoms with Crippen molar-refractivity contribution in [3.63, 3.8) is 0 Å². The van der Waals surface area contributed by atoms with Gasteiger partial charge in [-0.1, -0.05) is 12.1 Å². The first kappa shape index (κ1) is 18.9. The van der Waals surface area contributed by atoms with E-state index in [1.807, 2.05) is 0 Å². The van der Waals surface area contributed by atoms with Gasteiger partial charge in [-0.15, -0.1) is 0 Å². The summed E-state index contributed by atoms with van der Waals surface area (Å²) in [6.07, 6.45) is 2.01. The zero-order chi connectivity index (χ0) is 16.8. The first-order valence-corrected chi connectivity index (χ1v) is 8.52. The van der Waals surface area contributed by atoms with Crippen molar-refractivity contribution < 1.29 is 14.3 Å². The molecule has 1 rings (SSSR count). The predicted octanol–water partition coefficient (Wildman–Crippen LogP) is 3.46. The minimum absolute atomic E-state index is 0.121. The standard InChI is InChI=1S/C17H24INO3/c1-12(16(21)22-17(2,3)4)19-15(20)7-5-6-13-8-10-14(18)11-9-13/h8-12H,5-7H2,1-4H3,(H,19,20)/t12-/m0/s1. The fourth-order valence-electron chi connectivity index (χ4n) is 1.87. The van der Waals surface area contributed by atoms with Crippen molar-refractivity contribution in [3.8, 4) is 0 Å². The lowest BCUT2D eigenvalue weighted by Crippen LogP contribution is -2.42. The molecule has 1 atom stereocenters. The Morgan fingerprint density at radius 3 is 2.36 bits per heavy atom. The lowest BCUT2D eigenvalue weighted by molar-refractivity contribution is -0.158. The monoisotopic (exact) mass is 417 g/mol. The second-order valence-electron chi connectivity index (χ2n) is 6.30. The quantitative estimate of drug-likeness (QED) is 0.570. The average molecular weight is 417 g/mol. The molecule has 0 heterocycles. The summed E-state index contributed by atoms with van der Waals surface area (Å²) in [5.74, 6) is -0.526. The molecule has 1 aromatic rings. The van der Waals surface area contributed by atoms with E-state index in [1.54, 1.807) is 27.7 Å². The SMILES string of the molecule is C[C@H](NC(=O)CCCc1ccc(I)cc1)C(=O)OC(C)(C)C. The number of nitrogens with one attached hydrogen (secondary N) is 1. The van der Waals surface area contributed by atoms with Crippen molar-refractivity contribution in [2.45, 2.75) is 58.6 Å². The second kappa shape index (κ2) is 8.50. The van der Waals surface area contributed by atoms with E-state index in [2.05, 4.69) is 52.2 Å². The number of carbonyl (C=O) groups is 2. The highest BCUT2D eigenvalue weighted by atomic mass is 127. The number of hydrogen-bond donors (Lipinski definition) is 1. The Labute approximate surface area is 146 Å². The van der Waals surface area contributed by atoms with Crippen LogP contribution in [0.1, 0.15) is 46.1 Å². The summed E-state index contributed by atoms with van der Waals surface area (Å²) in [7, 11) is 0. The second-order valence-corrected chi connectivity index (χ2v) is 7.55. The summed E-state index contributed by atoms with van der Waals surface area (Å²) in [5, 5.41) is 2.68. The maximum absolute atomic E-state index is 11.8. The highest BCUT2D eigenvalue weighted by molar-refractivity contribution is 14.1. The predicted molar refractivity (Wildman–Crippen MR) is 95.5 cm³/mol. The third-order valence-electron chi connectivity index (χ3n) is 2.92. The van der Waals surface area contributed by atoms with Crippen LogP contribution >= 0.6 is 22.6 Å². The highest BCUT2D eigenvalue weighted by Crippen LogP contribution is 2.10. The largest absolute Gasteiger partial charge is 0.458 e. The van der Waals surface area contributed by atoms with E-state index < -0.39 is 17.6 Å². The van der Waals surface area contributed by atoms with Crippen LogP contribution in [0.3, 0.4) is 0 Å². The van der Waals surface area contributed by atoms with E-state index in [0.29, 0.717) is 6.42 Å². The van der Waals surface area contributed by atoms with E-state index in [-0.39, 0.29) is 5.91 Å². The van der Waals surface area contributed by atoms with Gasteiger partial charge in [0.1, 0.15) is 11.6 Å². The Balaban J connectivity index is 2.30. The van der Waals surface area contributed by atoms with E-state index in [1.165, 1.54) is 9.13 Å². The third kappa shape index (κ3) is 7.77. The van der Waals surface area contributed by atoms with Gasteiger partial charge in [-0.05, 0) is 80.8 Å². The Kier molecular flexibility index (Phi) is 7.32. The van der Waals surface area contributed by atoms with Gasteiger partial charge >= 0.3 is 5.97 Å². The number of amides is 1. The topological polar surface area (TPSA) is 55.4 Å². The van der Waals surface area contributed by atoms with Gasteiger partial charge in [-0.25, -0.2) is 4.79 Å². The average Bonchev–Trinajstić information content (AvgIpc) is 2.39. The summed E-state index contributed by atoms with van der Waals surface area (Å²) >= 11 is 2.27. The molecule has 1 amide bonds. The van der Waals surface area contributed by atoms with E-state index in [9.17, 15) is 9.59 Å². The van der Waals surface area contributed by atoms with Gasteiger partial charge in [-0.2, -0.15) is 0 Å². The van der Waals surface area contributed by atoms with Crippen molar-refractivity contribution >= 4 is 34.5 Å². The number of benzene rings is 1. The van der Waals surface area contributed by atoms with Crippen molar-refractivity contribution in [3.05, 3.63) is 33.4 Å². The van der Waals surface area contributed by atoms with E-state index >= 15 is 0 Å². The van der Waals surface area contributed by atoms with Gasteiger partial charge < -0.3 is 10.1 Å². The number of halogens is 1. The van der Waals surface area contributed by atoms with Crippen LogP contribution < -0.4 is 5.32 Å². The Morgan fingerprint density at radius 2 is 1.82 bits per heavy atom. The summed E-state index contributed by atoms with van der Waals surface area (Å²) in [5.41, 5.74) is 0.675. The molecular formula is C17H24INO3. The van der Waals surface area contributed by atoms with Gasteiger partial charge in [0.15, 0.2) is 0 Å². The minimum atomic E-state index is -0.620. The number of rotatable bonds is 6. The zero-order valence-corrected chi connectivity index (χ0v) is 15.8. The number of ether oxygens (including phenoxy) is 1. The lowest BCUT2D eigenvalue weighted by Gasteiger charge is -2.22. The summed E-state index contributed by atoms with van der Waals surface area (Å²) in [6.45, 7) is 7.06. The van der Waals surface area contributed by atoms with Crippen LogP contribution in [0.5, 0.6) is 0 Å². The van der Waals surface area contributed by atoms with Crippen LogP contribution in [0.25, 0.3) is 0 Å². The molecule has 0 spiro atoms. The fraction of sp³-hybridized carbons (Fsp3) is 0.529. The molecule has 0 aliphatic rings. The minimum Gasteiger partial charge on any atom is -0.458 e. The van der Waals surface area contributed by atoms with Crippen LogP contribution in [0.15, 0.2) is 24.3 Å². The zero-order valence-electron chi connectivity index (χ0n) is 13.6. The van der Waals surface area contributed by atoms with Crippen LogP contribution in [-0.2, 0) is 20.7 Å². The Morgan fingerprint density at radius 1 is 1.23 bits per heavy atom. The third-order valence-corrected chi connectivity index (χ3v) is 3.64. The molecule has 1 aromatic carbocycles. The molecule has 1 N–H and O–H groups in total. The van der Waals surface area contributed by atoms with Crippen LogP contribution in [0, 0.1) is 3.57 Å². The maximum atomic E-state index is 11.8. The lowest BCUT2D eigenvalue weighted by atomic mass is 10.1. The van der Waals surface area contributed by atoms with Gasteiger partial charge in [0.2, 0.25) is 5.91 Å². The fourth-order valence-corrected chi connectivity index (χ4v) is 2.23. The molecule has 5 heteroatoms. The highest BCUT2D eigenvalue weighted by Gasteiger charge is 2.22. The summed E-state index contributed by atoms with van der Waals surface area (Å²) in [6, 6.07) is 7.64. The number of aryl methyl sites for hydroxylation is 1. The summed E-state index contributed by atoms with van der Waals surface area (Å²) < 4.78 is 6.43. The van der Waals surface area contributed by atoms with Gasteiger partial charge in [0, 0.05) is 9.99 Å². The van der Waals surface area contributed by atoms with Crippen LogP contribution in [0.4, 0.5) is 0 Å². The normalized spacial score (nSPS) is 12.6. The molecule has 0 fully saturated rings. The molecule has 0 aromatic heterocycles. The number of hydrogen-bond acceptors (Lipinski definition) is 3. The van der Waals surface area contributed by atoms with E-state index in [4.69, 9.17) is 4.74 Å². The molecular weight excluding hydrogens is 393 g/mol. The molecule has 22 heavy (non-hydrogen) atoms.